The smallest absolute Gasteiger partial charge is 0.225 e. The van der Waals surface area contributed by atoms with Gasteiger partial charge in [-0.1, -0.05) is 6.07 Å². The van der Waals surface area contributed by atoms with Crippen molar-refractivity contribution >= 4 is 24.0 Å². The van der Waals surface area contributed by atoms with E-state index < -0.39 is 23.1 Å². The zero-order valence-electron chi connectivity index (χ0n) is 14.5. The second-order valence-electron chi connectivity index (χ2n) is 6.86. The molecule has 1 aliphatic heterocycles. The Hall–Kier alpha value is -2.34. The Morgan fingerprint density at radius 1 is 1.27 bits per heavy atom. The summed E-state index contributed by atoms with van der Waals surface area (Å²) >= 11 is 0. The molecule has 1 amide bonds. The van der Waals surface area contributed by atoms with Crippen LogP contribution in [0.25, 0.3) is 0 Å². The molecule has 2 aromatic carbocycles. The van der Waals surface area contributed by atoms with Gasteiger partial charge in [0, 0.05) is 23.2 Å². The number of nitrogen functional groups attached to an aromatic ring is 1. The zero-order chi connectivity index (χ0) is 18.2. The van der Waals surface area contributed by atoms with E-state index in [0.29, 0.717) is 17.9 Å². The van der Waals surface area contributed by atoms with Crippen molar-refractivity contribution < 1.29 is 18.3 Å². The molecule has 2 aromatic rings. The molecule has 0 saturated heterocycles. The summed E-state index contributed by atoms with van der Waals surface area (Å²) < 4.78 is 33.4. The number of carbonyl (C=O) groups is 1. The summed E-state index contributed by atoms with van der Waals surface area (Å²) in [6, 6.07) is 8.45. The average Bonchev–Trinajstić information content (AvgIpc) is 2.51. The molecule has 0 radical (unpaired) electrons. The van der Waals surface area contributed by atoms with Crippen molar-refractivity contribution in [1.29, 1.82) is 0 Å². The Morgan fingerprint density at radius 2 is 1.92 bits per heavy atom. The van der Waals surface area contributed by atoms with Crippen LogP contribution in [-0.2, 0) is 11.2 Å². The lowest BCUT2D eigenvalue weighted by atomic mass is 9.89. The number of rotatable bonds is 3. The van der Waals surface area contributed by atoms with E-state index in [-0.39, 0.29) is 30.4 Å². The first-order valence-electron chi connectivity index (χ1n) is 8.06. The van der Waals surface area contributed by atoms with Crippen LogP contribution in [0.15, 0.2) is 36.4 Å². The number of ether oxygens (including phenoxy) is 1. The van der Waals surface area contributed by atoms with Crippen LogP contribution in [0.5, 0.6) is 5.75 Å². The first-order chi connectivity index (χ1) is 11.7. The molecular weight excluding hydrogens is 362 g/mol. The Balaban J connectivity index is 0.00000243. The molecule has 3 N–H and O–H groups in total. The Kier molecular flexibility index (Phi) is 5.76. The third-order valence-corrected chi connectivity index (χ3v) is 4.23. The minimum absolute atomic E-state index is 0. The monoisotopic (exact) mass is 382 g/mol. The summed E-state index contributed by atoms with van der Waals surface area (Å²) in [5.74, 6) is -1.27. The highest BCUT2D eigenvalue weighted by Gasteiger charge is 2.34. The first kappa shape index (κ1) is 20.0. The van der Waals surface area contributed by atoms with Crippen LogP contribution in [0.1, 0.15) is 37.4 Å². The summed E-state index contributed by atoms with van der Waals surface area (Å²) in [6.45, 7) is 3.84. The van der Waals surface area contributed by atoms with Crippen LogP contribution >= 0.6 is 12.4 Å². The van der Waals surface area contributed by atoms with E-state index >= 15 is 0 Å². The molecule has 4 nitrogen and oxygen atoms in total. The van der Waals surface area contributed by atoms with Gasteiger partial charge in [0.25, 0.3) is 0 Å². The highest BCUT2D eigenvalue weighted by atomic mass is 35.5. The second kappa shape index (κ2) is 7.50. The molecule has 1 atom stereocenters. The summed E-state index contributed by atoms with van der Waals surface area (Å²) in [5, 5.41) is 2.85. The molecule has 26 heavy (non-hydrogen) atoms. The van der Waals surface area contributed by atoms with Gasteiger partial charge in [-0.25, -0.2) is 8.78 Å². The molecular formula is C19H21ClF2N2O2. The van der Waals surface area contributed by atoms with Gasteiger partial charge in [0.1, 0.15) is 23.0 Å². The topological polar surface area (TPSA) is 64.4 Å². The first-order valence-corrected chi connectivity index (χ1v) is 8.06. The van der Waals surface area contributed by atoms with Crippen LogP contribution in [0.3, 0.4) is 0 Å². The van der Waals surface area contributed by atoms with E-state index in [9.17, 15) is 13.6 Å². The second-order valence-corrected chi connectivity index (χ2v) is 6.86. The predicted molar refractivity (Wildman–Crippen MR) is 98.4 cm³/mol. The van der Waals surface area contributed by atoms with Crippen molar-refractivity contribution in [1.82, 2.24) is 5.32 Å². The molecule has 0 spiro atoms. The van der Waals surface area contributed by atoms with Gasteiger partial charge in [-0.05, 0) is 44.2 Å². The summed E-state index contributed by atoms with van der Waals surface area (Å²) in [4.78, 5) is 12.4. The number of amides is 1. The lowest BCUT2D eigenvalue weighted by molar-refractivity contribution is -0.121. The minimum atomic E-state index is -0.730. The summed E-state index contributed by atoms with van der Waals surface area (Å²) in [5.41, 5.74) is 6.44. The largest absolute Gasteiger partial charge is 0.487 e. The lowest BCUT2D eigenvalue weighted by Crippen LogP contribution is -2.41. The van der Waals surface area contributed by atoms with Gasteiger partial charge in [0.15, 0.2) is 0 Å². The van der Waals surface area contributed by atoms with E-state index in [1.807, 2.05) is 13.8 Å². The van der Waals surface area contributed by atoms with Crippen LogP contribution in [-0.4, -0.2) is 11.5 Å². The standard InChI is InChI=1S/C19H20F2N2O2.ClH/c1-19(2)10-16(13-8-11(22)6-7-17(13)25-19)23-18(24)9-12-14(20)4-3-5-15(12)21;/h3-8,16H,9-10,22H2,1-2H3,(H,23,24);1H. The predicted octanol–water partition coefficient (Wildman–Crippen LogP) is 3.93. The quantitative estimate of drug-likeness (QED) is 0.790. The number of anilines is 1. The minimum Gasteiger partial charge on any atom is -0.487 e. The molecule has 0 aliphatic carbocycles. The molecule has 1 unspecified atom stereocenters. The number of nitrogens with two attached hydrogens (primary N) is 1. The van der Waals surface area contributed by atoms with E-state index in [0.717, 1.165) is 17.7 Å². The van der Waals surface area contributed by atoms with Gasteiger partial charge in [-0.2, -0.15) is 0 Å². The van der Waals surface area contributed by atoms with E-state index in [2.05, 4.69) is 5.32 Å². The maximum atomic E-state index is 13.7. The van der Waals surface area contributed by atoms with Crippen LogP contribution in [0, 0.1) is 11.6 Å². The van der Waals surface area contributed by atoms with Crippen molar-refractivity contribution in [3.8, 4) is 5.75 Å². The fraction of sp³-hybridized carbons (Fsp3) is 0.316. The number of hydrogen-bond acceptors (Lipinski definition) is 3. The van der Waals surface area contributed by atoms with Gasteiger partial charge in [-0.15, -0.1) is 12.4 Å². The average molecular weight is 383 g/mol. The van der Waals surface area contributed by atoms with E-state index in [1.54, 1.807) is 18.2 Å². The zero-order valence-corrected chi connectivity index (χ0v) is 15.3. The molecule has 3 rings (SSSR count). The number of carbonyl (C=O) groups excluding carboxylic acids is 1. The van der Waals surface area contributed by atoms with E-state index in [4.69, 9.17) is 10.5 Å². The third kappa shape index (κ3) is 4.25. The van der Waals surface area contributed by atoms with Crippen LogP contribution in [0.4, 0.5) is 14.5 Å². The number of hydrogen-bond donors (Lipinski definition) is 2. The fourth-order valence-electron chi connectivity index (χ4n) is 3.11. The van der Waals surface area contributed by atoms with Gasteiger partial charge >= 0.3 is 0 Å². The highest BCUT2D eigenvalue weighted by Crippen LogP contribution is 2.40. The van der Waals surface area contributed by atoms with Crippen LogP contribution in [0.2, 0.25) is 0 Å². The van der Waals surface area contributed by atoms with Gasteiger partial charge in [0.05, 0.1) is 12.5 Å². The lowest BCUT2D eigenvalue weighted by Gasteiger charge is -2.38. The fourth-order valence-corrected chi connectivity index (χ4v) is 3.11. The number of halogens is 3. The molecule has 0 bridgehead atoms. The van der Waals surface area contributed by atoms with Crippen LogP contribution < -0.4 is 15.8 Å². The molecule has 7 heteroatoms. The van der Waals surface area contributed by atoms with Crippen molar-refractivity contribution in [2.45, 2.75) is 38.3 Å². The SMILES string of the molecule is CC1(C)CC(NC(=O)Cc2c(F)cccc2F)c2cc(N)ccc2O1.Cl. The third-order valence-electron chi connectivity index (χ3n) is 4.23. The van der Waals surface area contributed by atoms with Crippen molar-refractivity contribution in [3.63, 3.8) is 0 Å². The molecule has 0 fully saturated rings. The van der Waals surface area contributed by atoms with Gasteiger partial charge < -0.3 is 15.8 Å². The number of nitrogens with one attached hydrogen (secondary N) is 1. The summed E-state index contributed by atoms with van der Waals surface area (Å²) in [7, 11) is 0. The number of fused-ring (bicyclic) bond motifs is 1. The molecule has 0 aromatic heterocycles. The highest BCUT2D eigenvalue weighted by molar-refractivity contribution is 5.85. The van der Waals surface area contributed by atoms with Crippen molar-refractivity contribution in [2.75, 3.05) is 5.73 Å². The van der Waals surface area contributed by atoms with E-state index in [1.165, 1.54) is 6.07 Å². The molecule has 140 valence electrons. The molecule has 1 heterocycles. The van der Waals surface area contributed by atoms with Gasteiger partial charge in [-0.3, -0.25) is 4.79 Å². The van der Waals surface area contributed by atoms with Crippen molar-refractivity contribution in [2.24, 2.45) is 0 Å². The normalized spacial score (nSPS) is 17.5. The molecule has 1 aliphatic rings. The molecule has 0 saturated carbocycles. The Morgan fingerprint density at radius 3 is 2.58 bits per heavy atom. The number of benzene rings is 2. The van der Waals surface area contributed by atoms with Crippen molar-refractivity contribution in [3.05, 3.63) is 59.2 Å². The Labute approximate surface area is 157 Å². The summed E-state index contributed by atoms with van der Waals surface area (Å²) in [6.07, 6.45) is 0.156. The maximum absolute atomic E-state index is 13.7. The van der Waals surface area contributed by atoms with Gasteiger partial charge in [0.2, 0.25) is 5.91 Å². The maximum Gasteiger partial charge on any atom is 0.225 e. The Bertz CT molecular complexity index is 807.